The first-order chi connectivity index (χ1) is 19.3. The van der Waals surface area contributed by atoms with Crippen molar-refractivity contribution in [2.45, 2.75) is 32.4 Å². The Balaban J connectivity index is 1.61. The molecule has 1 unspecified atom stereocenters. The summed E-state index contributed by atoms with van der Waals surface area (Å²) in [5, 5.41) is 23.0. The number of rotatable bonds is 8. The van der Waals surface area contributed by atoms with Crippen molar-refractivity contribution in [3.05, 3.63) is 81.1 Å². The van der Waals surface area contributed by atoms with Gasteiger partial charge in [0.05, 0.1) is 13.3 Å². The molecule has 9 nitrogen and oxygen atoms in total. The summed E-state index contributed by atoms with van der Waals surface area (Å²) in [6, 6.07) is 4.15. The van der Waals surface area contributed by atoms with E-state index in [4.69, 9.17) is 4.74 Å². The third-order valence-electron chi connectivity index (χ3n) is 6.25. The average molecular weight is 563 g/mol. The van der Waals surface area contributed by atoms with Gasteiger partial charge in [-0.15, -0.1) is 10.2 Å². The molecule has 4 heterocycles. The minimum atomic E-state index is -2.84. The molecule has 204 valence electrons. The molecule has 5 rings (SSSR count). The van der Waals surface area contributed by atoms with Crippen LogP contribution >= 0.6 is 11.3 Å². The maximum Gasteiger partial charge on any atom is 0.280 e. The molecule has 40 heavy (non-hydrogen) atoms. The number of methoxy groups -OCH3 is 1. The zero-order valence-corrected chi connectivity index (χ0v) is 22.4. The van der Waals surface area contributed by atoms with Gasteiger partial charge < -0.3 is 15.2 Å². The van der Waals surface area contributed by atoms with Crippen LogP contribution in [0, 0.1) is 24.7 Å². The van der Waals surface area contributed by atoms with E-state index in [2.05, 4.69) is 43.9 Å². The van der Waals surface area contributed by atoms with Crippen molar-refractivity contribution in [1.82, 2.24) is 24.7 Å². The molecule has 4 aromatic rings. The van der Waals surface area contributed by atoms with Gasteiger partial charge in [0.15, 0.2) is 11.2 Å². The number of hydrogen-bond donors (Lipinski definition) is 2. The van der Waals surface area contributed by atoms with Gasteiger partial charge in [-0.05, 0) is 54.5 Å². The second-order valence-electron chi connectivity index (χ2n) is 9.07. The number of aliphatic hydroxyl groups excluding tert-OH is 1. The van der Waals surface area contributed by atoms with Gasteiger partial charge in [0.2, 0.25) is 5.13 Å². The first kappa shape index (κ1) is 27.1. The SMILES string of the molecule is C=Cc1cn(-c2cc(-c3cc(C(F)F)ncc3OC)c(C(O)Nc3nnc(C#CC4CC4)s3)cn2)c(=O)cc1C. The predicted octanol–water partition coefficient (Wildman–Crippen LogP) is 4.91. The van der Waals surface area contributed by atoms with Crippen molar-refractivity contribution in [2.75, 3.05) is 12.4 Å². The number of nitrogens with zero attached hydrogens (tertiary/aromatic N) is 5. The van der Waals surface area contributed by atoms with Crippen LogP contribution in [0.3, 0.4) is 0 Å². The predicted molar refractivity (Wildman–Crippen MR) is 147 cm³/mol. The van der Waals surface area contributed by atoms with Crippen LogP contribution in [-0.2, 0) is 0 Å². The maximum absolute atomic E-state index is 13.6. The van der Waals surface area contributed by atoms with Gasteiger partial charge in [0, 0.05) is 35.5 Å². The number of aliphatic hydroxyl groups is 1. The second-order valence-corrected chi connectivity index (χ2v) is 10.0. The van der Waals surface area contributed by atoms with Crippen LogP contribution in [0.4, 0.5) is 13.9 Å². The lowest BCUT2D eigenvalue weighted by Crippen LogP contribution is -2.20. The minimum Gasteiger partial charge on any atom is -0.494 e. The fraction of sp³-hybridized carbons (Fsp3) is 0.250. The first-order valence-electron chi connectivity index (χ1n) is 12.3. The Hall–Kier alpha value is -4.47. The minimum absolute atomic E-state index is 0.187. The van der Waals surface area contributed by atoms with E-state index in [0.717, 1.165) is 18.4 Å². The lowest BCUT2D eigenvalue weighted by Gasteiger charge is -2.19. The molecule has 0 saturated heterocycles. The maximum atomic E-state index is 13.6. The van der Waals surface area contributed by atoms with Crippen LogP contribution in [-0.4, -0.2) is 36.9 Å². The molecule has 0 aliphatic heterocycles. The van der Waals surface area contributed by atoms with E-state index in [9.17, 15) is 18.7 Å². The molecule has 0 spiro atoms. The molecule has 0 aromatic carbocycles. The standard InChI is InChI=1S/C28H24F2N6O3S/c1-4-17-14-36(25(37)9-15(17)2)23-11-18(19-10-21(26(29)30)31-13-22(19)39-3)20(12-32-23)27(38)33-28-35-34-24(40-28)8-7-16-5-6-16/h4,9-14,16,26-27,38H,1,5-6H2,2-3H3,(H,33,35). The lowest BCUT2D eigenvalue weighted by molar-refractivity contribution is 0.146. The molecule has 1 aliphatic carbocycles. The molecular weight excluding hydrogens is 538 g/mol. The van der Waals surface area contributed by atoms with Crippen molar-refractivity contribution in [3.8, 4) is 34.5 Å². The Morgan fingerprint density at radius 1 is 1.23 bits per heavy atom. The van der Waals surface area contributed by atoms with Crippen LogP contribution in [0.2, 0.25) is 0 Å². The average Bonchev–Trinajstić information content (AvgIpc) is 3.68. The summed E-state index contributed by atoms with van der Waals surface area (Å²) in [5.74, 6) is 6.87. The number of aryl methyl sites for hydroxylation is 1. The van der Waals surface area contributed by atoms with Crippen LogP contribution in [0.1, 0.15) is 52.9 Å². The lowest BCUT2D eigenvalue weighted by atomic mass is 9.99. The Bertz CT molecular complexity index is 1700. The highest BCUT2D eigenvalue weighted by Crippen LogP contribution is 2.37. The van der Waals surface area contributed by atoms with E-state index < -0.39 is 18.3 Å². The summed E-state index contributed by atoms with van der Waals surface area (Å²) in [4.78, 5) is 21.0. The van der Waals surface area contributed by atoms with E-state index in [1.165, 1.54) is 53.6 Å². The van der Waals surface area contributed by atoms with Gasteiger partial charge >= 0.3 is 0 Å². The highest BCUT2D eigenvalue weighted by Gasteiger charge is 2.23. The zero-order valence-electron chi connectivity index (χ0n) is 21.6. The first-order valence-corrected chi connectivity index (χ1v) is 13.1. The summed E-state index contributed by atoms with van der Waals surface area (Å²) in [7, 11) is 1.38. The number of aromatic nitrogens is 5. The van der Waals surface area contributed by atoms with Gasteiger partial charge in [-0.25, -0.2) is 13.8 Å². The van der Waals surface area contributed by atoms with Gasteiger partial charge in [-0.1, -0.05) is 29.9 Å². The van der Waals surface area contributed by atoms with Crippen molar-refractivity contribution in [2.24, 2.45) is 5.92 Å². The molecule has 0 bridgehead atoms. The topological polar surface area (TPSA) is 115 Å². The third kappa shape index (κ3) is 5.75. The Labute approximate surface area is 232 Å². The fourth-order valence-electron chi connectivity index (χ4n) is 3.94. The van der Waals surface area contributed by atoms with E-state index in [0.29, 0.717) is 21.6 Å². The van der Waals surface area contributed by atoms with Gasteiger partial charge in [0.1, 0.15) is 17.3 Å². The molecule has 1 aliphatic rings. The number of alkyl halides is 2. The third-order valence-corrected chi connectivity index (χ3v) is 7.02. The van der Waals surface area contributed by atoms with Crippen LogP contribution in [0.25, 0.3) is 23.0 Å². The van der Waals surface area contributed by atoms with Crippen LogP contribution in [0.5, 0.6) is 5.75 Å². The molecule has 12 heteroatoms. The molecule has 2 N–H and O–H groups in total. The van der Waals surface area contributed by atoms with Crippen molar-refractivity contribution in [3.63, 3.8) is 0 Å². The van der Waals surface area contributed by atoms with E-state index in [1.54, 1.807) is 19.2 Å². The van der Waals surface area contributed by atoms with E-state index in [1.807, 2.05) is 0 Å². The van der Waals surface area contributed by atoms with E-state index >= 15 is 0 Å². The van der Waals surface area contributed by atoms with Gasteiger partial charge in [-0.3, -0.25) is 14.3 Å². The number of nitrogens with one attached hydrogen (secondary N) is 1. The molecular formula is C28H24F2N6O3S. The smallest absolute Gasteiger partial charge is 0.280 e. The summed E-state index contributed by atoms with van der Waals surface area (Å²) >= 11 is 1.17. The number of pyridine rings is 3. The zero-order chi connectivity index (χ0) is 28.4. The largest absolute Gasteiger partial charge is 0.494 e. The molecule has 1 fully saturated rings. The Kier molecular flexibility index (Phi) is 7.68. The number of anilines is 1. The van der Waals surface area contributed by atoms with Crippen molar-refractivity contribution < 1.29 is 18.6 Å². The van der Waals surface area contributed by atoms with Crippen LogP contribution < -0.4 is 15.6 Å². The van der Waals surface area contributed by atoms with E-state index in [-0.39, 0.29) is 33.8 Å². The fourth-order valence-corrected chi connectivity index (χ4v) is 4.57. The number of hydrogen-bond acceptors (Lipinski definition) is 9. The quantitative estimate of drug-likeness (QED) is 0.230. The molecule has 4 aromatic heterocycles. The van der Waals surface area contributed by atoms with Gasteiger partial charge in [0.25, 0.3) is 12.0 Å². The molecule has 1 atom stereocenters. The second kappa shape index (κ2) is 11.3. The molecule has 0 radical (unpaired) electrons. The summed E-state index contributed by atoms with van der Waals surface area (Å²) in [6.07, 6.45) is 3.69. The normalized spacial score (nSPS) is 13.4. The highest BCUT2D eigenvalue weighted by molar-refractivity contribution is 7.15. The van der Waals surface area contributed by atoms with Crippen molar-refractivity contribution >= 4 is 22.5 Å². The van der Waals surface area contributed by atoms with Crippen LogP contribution in [0.15, 0.2) is 48.2 Å². The number of halogens is 2. The summed E-state index contributed by atoms with van der Waals surface area (Å²) in [5.41, 5.74) is 1.36. The Morgan fingerprint density at radius 3 is 2.73 bits per heavy atom. The monoisotopic (exact) mass is 562 g/mol. The Morgan fingerprint density at radius 2 is 2.02 bits per heavy atom. The van der Waals surface area contributed by atoms with Crippen molar-refractivity contribution in [1.29, 1.82) is 0 Å². The summed E-state index contributed by atoms with van der Waals surface area (Å²) < 4.78 is 34.0. The highest BCUT2D eigenvalue weighted by atomic mass is 32.1. The summed E-state index contributed by atoms with van der Waals surface area (Å²) in [6.45, 7) is 5.57. The molecule has 1 saturated carbocycles. The molecule has 0 amide bonds. The number of ether oxygens (including phenoxy) is 1. The van der Waals surface area contributed by atoms with Gasteiger partial charge in [-0.2, -0.15) is 0 Å².